The molecular formula is C8H11N3. The van der Waals surface area contributed by atoms with Crippen molar-refractivity contribution in [1.29, 1.82) is 5.26 Å². The highest BCUT2D eigenvalue weighted by atomic mass is 14.7. The Balaban J connectivity index is 2.95. The van der Waals surface area contributed by atoms with E-state index in [1.807, 2.05) is 13.0 Å². The summed E-state index contributed by atoms with van der Waals surface area (Å²) in [5.74, 6) is 0. The van der Waals surface area contributed by atoms with E-state index in [-0.39, 0.29) is 6.04 Å². The molecule has 58 valence electrons. The van der Waals surface area contributed by atoms with Gasteiger partial charge in [0.2, 0.25) is 0 Å². The van der Waals surface area contributed by atoms with Crippen LogP contribution in [0.2, 0.25) is 0 Å². The number of hydrogen-bond acceptors (Lipinski definition) is 2. The number of nitrogens with one attached hydrogen (secondary N) is 1. The van der Waals surface area contributed by atoms with Gasteiger partial charge in [0.1, 0.15) is 11.8 Å². The van der Waals surface area contributed by atoms with Crippen molar-refractivity contribution in [1.82, 2.24) is 4.98 Å². The molecule has 0 aliphatic heterocycles. The van der Waals surface area contributed by atoms with Crippen LogP contribution in [0.25, 0.3) is 0 Å². The predicted molar refractivity (Wildman–Crippen MR) is 42.7 cm³/mol. The van der Waals surface area contributed by atoms with E-state index in [4.69, 9.17) is 11.0 Å². The van der Waals surface area contributed by atoms with Gasteiger partial charge in [0.15, 0.2) is 0 Å². The zero-order valence-electron chi connectivity index (χ0n) is 6.46. The van der Waals surface area contributed by atoms with Crippen molar-refractivity contribution < 1.29 is 0 Å². The minimum atomic E-state index is -0.0177. The molecular weight excluding hydrogens is 138 g/mol. The summed E-state index contributed by atoms with van der Waals surface area (Å²) in [6.07, 6.45) is 2.59. The second-order valence-electron chi connectivity index (χ2n) is 2.43. The van der Waals surface area contributed by atoms with Crippen LogP contribution in [0.5, 0.6) is 0 Å². The minimum absolute atomic E-state index is 0.0177. The molecule has 1 atom stereocenters. The van der Waals surface area contributed by atoms with E-state index in [0.717, 1.165) is 12.0 Å². The average molecular weight is 149 g/mol. The summed E-state index contributed by atoms with van der Waals surface area (Å²) < 4.78 is 0. The third-order valence-corrected chi connectivity index (χ3v) is 1.73. The SMILES string of the molecule is CC[C@@H](N)c1cc[nH]c1C#N. The zero-order chi connectivity index (χ0) is 8.27. The van der Waals surface area contributed by atoms with Crippen LogP contribution in [-0.2, 0) is 0 Å². The molecule has 3 N–H and O–H groups in total. The van der Waals surface area contributed by atoms with Gasteiger partial charge in [-0.3, -0.25) is 0 Å². The van der Waals surface area contributed by atoms with E-state index in [2.05, 4.69) is 11.1 Å². The molecule has 0 aliphatic rings. The number of H-pyrrole nitrogens is 1. The second kappa shape index (κ2) is 3.22. The lowest BCUT2D eigenvalue weighted by Crippen LogP contribution is -2.08. The molecule has 0 saturated heterocycles. The Morgan fingerprint density at radius 1 is 1.82 bits per heavy atom. The normalized spacial score (nSPS) is 12.5. The van der Waals surface area contributed by atoms with Crippen molar-refractivity contribution in [2.24, 2.45) is 5.73 Å². The Morgan fingerprint density at radius 3 is 3.09 bits per heavy atom. The van der Waals surface area contributed by atoms with Crippen LogP contribution in [-0.4, -0.2) is 4.98 Å². The Hall–Kier alpha value is -1.27. The van der Waals surface area contributed by atoms with Crippen molar-refractivity contribution in [2.75, 3.05) is 0 Å². The number of aromatic nitrogens is 1. The van der Waals surface area contributed by atoms with Gasteiger partial charge in [-0.25, -0.2) is 0 Å². The predicted octanol–water partition coefficient (Wildman–Crippen LogP) is 1.30. The molecule has 0 saturated carbocycles. The molecule has 0 bridgehead atoms. The van der Waals surface area contributed by atoms with Crippen LogP contribution < -0.4 is 5.73 Å². The maximum atomic E-state index is 8.61. The molecule has 3 heteroatoms. The van der Waals surface area contributed by atoms with E-state index >= 15 is 0 Å². The Bertz CT molecular complexity index is 269. The molecule has 1 heterocycles. The summed E-state index contributed by atoms with van der Waals surface area (Å²) in [7, 11) is 0. The number of hydrogen-bond donors (Lipinski definition) is 2. The van der Waals surface area contributed by atoms with Crippen LogP contribution in [0.15, 0.2) is 12.3 Å². The first-order valence-corrected chi connectivity index (χ1v) is 3.62. The van der Waals surface area contributed by atoms with Crippen LogP contribution in [0.4, 0.5) is 0 Å². The maximum Gasteiger partial charge on any atom is 0.122 e. The van der Waals surface area contributed by atoms with E-state index < -0.39 is 0 Å². The highest BCUT2D eigenvalue weighted by Gasteiger charge is 2.08. The van der Waals surface area contributed by atoms with Crippen molar-refractivity contribution in [2.45, 2.75) is 19.4 Å². The summed E-state index contributed by atoms with van der Waals surface area (Å²) in [5, 5.41) is 8.61. The van der Waals surface area contributed by atoms with Gasteiger partial charge in [0.05, 0.1) is 0 Å². The fraction of sp³-hybridized carbons (Fsp3) is 0.375. The molecule has 0 radical (unpaired) electrons. The zero-order valence-corrected chi connectivity index (χ0v) is 6.46. The summed E-state index contributed by atoms with van der Waals surface area (Å²) in [4.78, 5) is 2.83. The first kappa shape index (κ1) is 7.83. The van der Waals surface area contributed by atoms with Crippen molar-refractivity contribution in [3.05, 3.63) is 23.5 Å². The molecule has 1 rings (SSSR count). The Labute approximate surface area is 65.8 Å². The molecule has 0 aromatic carbocycles. The van der Waals surface area contributed by atoms with E-state index in [1.54, 1.807) is 6.20 Å². The molecule has 1 aromatic heterocycles. The van der Waals surface area contributed by atoms with Crippen LogP contribution in [0.3, 0.4) is 0 Å². The monoisotopic (exact) mass is 149 g/mol. The second-order valence-corrected chi connectivity index (χ2v) is 2.43. The quantitative estimate of drug-likeness (QED) is 0.665. The average Bonchev–Trinajstić information content (AvgIpc) is 2.50. The number of rotatable bonds is 2. The molecule has 0 fully saturated rings. The molecule has 11 heavy (non-hydrogen) atoms. The molecule has 0 aliphatic carbocycles. The number of aromatic amines is 1. The van der Waals surface area contributed by atoms with Gasteiger partial charge in [-0.2, -0.15) is 5.26 Å². The topological polar surface area (TPSA) is 65.6 Å². The van der Waals surface area contributed by atoms with Crippen LogP contribution in [0.1, 0.15) is 30.6 Å². The van der Waals surface area contributed by atoms with E-state index in [9.17, 15) is 0 Å². The van der Waals surface area contributed by atoms with Gasteiger partial charge in [-0.05, 0) is 12.5 Å². The molecule has 0 spiro atoms. The lowest BCUT2D eigenvalue weighted by atomic mass is 10.1. The van der Waals surface area contributed by atoms with E-state index in [1.165, 1.54) is 0 Å². The van der Waals surface area contributed by atoms with Gasteiger partial charge in [-0.1, -0.05) is 6.92 Å². The smallest absolute Gasteiger partial charge is 0.122 e. The first-order valence-electron chi connectivity index (χ1n) is 3.62. The van der Waals surface area contributed by atoms with Gasteiger partial charge >= 0.3 is 0 Å². The lowest BCUT2D eigenvalue weighted by molar-refractivity contribution is 0.697. The van der Waals surface area contributed by atoms with Gasteiger partial charge in [0, 0.05) is 17.8 Å². The van der Waals surface area contributed by atoms with Crippen LogP contribution in [0, 0.1) is 11.3 Å². The largest absolute Gasteiger partial charge is 0.353 e. The fourth-order valence-electron chi connectivity index (χ4n) is 1.01. The fourth-order valence-corrected chi connectivity index (χ4v) is 1.01. The van der Waals surface area contributed by atoms with Gasteiger partial charge < -0.3 is 10.7 Å². The molecule has 1 aromatic rings. The molecule has 0 amide bonds. The van der Waals surface area contributed by atoms with E-state index in [0.29, 0.717) is 5.69 Å². The first-order chi connectivity index (χ1) is 5.29. The summed E-state index contributed by atoms with van der Waals surface area (Å²) in [6, 6.07) is 3.89. The van der Waals surface area contributed by atoms with Crippen LogP contribution >= 0.6 is 0 Å². The maximum absolute atomic E-state index is 8.61. The standard InChI is InChI=1S/C8H11N3/c1-2-7(10)6-3-4-11-8(6)5-9/h3-4,7,11H,2,10H2,1H3/t7-/m1/s1. The molecule has 3 nitrogen and oxygen atoms in total. The lowest BCUT2D eigenvalue weighted by Gasteiger charge is -2.05. The van der Waals surface area contributed by atoms with Crippen molar-refractivity contribution in [3.8, 4) is 6.07 Å². The van der Waals surface area contributed by atoms with Gasteiger partial charge in [0.25, 0.3) is 0 Å². The number of nitrogens with two attached hydrogens (primary N) is 1. The number of nitrogens with zero attached hydrogens (tertiary/aromatic N) is 1. The van der Waals surface area contributed by atoms with Crippen molar-refractivity contribution in [3.63, 3.8) is 0 Å². The highest BCUT2D eigenvalue weighted by molar-refractivity contribution is 5.33. The van der Waals surface area contributed by atoms with Gasteiger partial charge in [-0.15, -0.1) is 0 Å². The Morgan fingerprint density at radius 2 is 2.55 bits per heavy atom. The number of nitriles is 1. The summed E-state index contributed by atoms with van der Waals surface area (Å²) in [6.45, 7) is 2.00. The summed E-state index contributed by atoms with van der Waals surface area (Å²) >= 11 is 0. The third kappa shape index (κ3) is 1.41. The molecule has 0 unspecified atom stereocenters. The summed E-state index contributed by atoms with van der Waals surface area (Å²) in [5.41, 5.74) is 7.24. The minimum Gasteiger partial charge on any atom is -0.353 e. The van der Waals surface area contributed by atoms with Crippen molar-refractivity contribution >= 4 is 0 Å². The Kier molecular flexibility index (Phi) is 2.29. The highest BCUT2D eigenvalue weighted by Crippen LogP contribution is 2.16. The third-order valence-electron chi connectivity index (χ3n) is 1.73.